The molecule has 100 valence electrons. The van der Waals surface area contributed by atoms with Crippen molar-refractivity contribution in [2.75, 3.05) is 7.05 Å². The zero-order chi connectivity index (χ0) is 13.7. The first-order valence-electron chi connectivity index (χ1n) is 6.20. The van der Waals surface area contributed by atoms with Crippen LogP contribution in [0.15, 0.2) is 24.3 Å². The average Bonchev–Trinajstić information content (AvgIpc) is 2.38. The highest BCUT2D eigenvalue weighted by atomic mass is 35.5. The zero-order valence-electron chi connectivity index (χ0n) is 11.2. The Morgan fingerprint density at radius 2 is 1.94 bits per heavy atom. The lowest BCUT2D eigenvalue weighted by atomic mass is 9.99. The van der Waals surface area contributed by atoms with Crippen LogP contribution in [0.5, 0.6) is 0 Å². The van der Waals surface area contributed by atoms with E-state index in [0.29, 0.717) is 11.6 Å². The first kappa shape index (κ1) is 15.0. The molecule has 0 spiro atoms. The summed E-state index contributed by atoms with van der Waals surface area (Å²) in [5.41, 5.74) is 6.99. The molecule has 0 bridgehead atoms. The molecule has 0 aliphatic heterocycles. The number of nitrogens with two attached hydrogens (primary N) is 1. The van der Waals surface area contributed by atoms with Crippen LogP contribution >= 0.6 is 11.6 Å². The van der Waals surface area contributed by atoms with E-state index in [-0.39, 0.29) is 11.8 Å². The maximum atomic E-state index is 12.1. The second-order valence-electron chi connectivity index (χ2n) is 4.73. The van der Waals surface area contributed by atoms with Crippen LogP contribution in [0.4, 0.5) is 0 Å². The Morgan fingerprint density at radius 3 is 2.44 bits per heavy atom. The van der Waals surface area contributed by atoms with Crippen molar-refractivity contribution in [3.63, 3.8) is 0 Å². The summed E-state index contributed by atoms with van der Waals surface area (Å²) in [6.45, 7) is 4.59. The molecular formula is C14H21ClN2O. The number of halogens is 1. The molecule has 2 atom stereocenters. The number of hydrogen-bond donors (Lipinski definition) is 1. The van der Waals surface area contributed by atoms with E-state index in [1.165, 1.54) is 0 Å². The van der Waals surface area contributed by atoms with Gasteiger partial charge < -0.3 is 10.6 Å². The summed E-state index contributed by atoms with van der Waals surface area (Å²) in [6, 6.07) is 7.06. The van der Waals surface area contributed by atoms with Crippen molar-refractivity contribution in [2.24, 2.45) is 11.7 Å². The molecule has 0 aliphatic rings. The molecule has 1 aromatic carbocycles. The minimum atomic E-state index is -0.424. The van der Waals surface area contributed by atoms with Crippen molar-refractivity contribution in [1.82, 2.24) is 4.90 Å². The van der Waals surface area contributed by atoms with Gasteiger partial charge in [-0.05, 0) is 23.6 Å². The maximum absolute atomic E-state index is 12.1. The molecule has 0 fully saturated rings. The van der Waals surface area contributed by atoms with Crippen LogP contribution in [0.3, 0.4) is 0 Å². The molecule has 0 aliphatic carbocycles. The van der Waals surface area contributed by atoms with Crippen LogP contribution in [0.1, 0.15) is 25.8 Å². The molecule has 3 nitrogen and oxygen atoms in total. The number of nitrogens with zero attached hydrogens (tertiary/aromatic N) is 1. The number of carbonyl (C=O) groups is 1. The van der Waals surface area contributed by atoms with Crippen molar-refractivity contribution >= 4 is 17.5 Å². The van der Waals surface area contributed by atoms with Gasteiger partial charge in [0.2, 0.25) is 5.91 Å². The Kier molecular flexibility index (Phi) is 5.63. The lowest BCUT2D eigenvalue weighted by Gasteiger charge is -2.24. The smallest absolute Gasteiger partial charge is 0.239 e. The van der Waals surface area contributed by atoms with Crippen LogP contribution < -0.4 is 5.73 Å². The van der Waals surface area contributed by atoms with Gasteiger partial charge in [0.15, 0.2) is 0 Å². The molecule has 0 heterocycles. The standard InChI is InChI=1S/C14H21ClN2O/c1-4-10(2)13(16)14(18)17(3)9-11-5-7-12(15)8-6-11/h5-8,10,13H,4,9,16H2,1-3H3/t10?,13-/m0/s1. The lowest BCUT2D eigenvalue weighted by Crippen LogP contribution is -2.45. The highest BCUT2D eigenvalue weighted by molar-refractivity contribution is 6.30. The molecule has 4 heteroatoms. The summed E-state index contributed by atoms with van der Waals surface area (Å²) in [6.07, 6.45) is 0.904. The molecule has 1 rings (SSSR count). The summed E-state index contributed by atoms with van der Waals surface area (Å²) >= 11 is 5.82. The summed E-state index contributed by atoms with van der Waals surface area (Å²) in [7, 11) is 1.78. The van der Waals surface area contributed by atoms with Crippen LogP contribution in [-0.4, -0.2) is 23.9 Å². The molecule has 1 unspecified atom stereocenters. The average molecular weight is 269 g/mol. The van der Waals surface area contributed by atoms with Gasteiger partial charge in [0, 0.05) is 18.6 Å². The number of carbonyl (C=O) groups excluding carboxylic acids is 1. The number of amides is 1. The fourth-order valence-electron chi connectivity index (χ4n) is 1.69. The van der Waals surface area contributed by atoms with E-state index in [1.807, 2.05) is 38.1 Å². The fourth-order valence-corrected chi connectivity index (χ4v) is 1.82. The molecular weight excluding hydrogens is 248 g/mol. The number of hydrogen-bond acceptors (Lipinski definition) is 2. The van der Waals surface area contributed by atoms with Gasteiger partial charge in [-0.3, -0.25) is 4.79 Å². The molecule has 0 aromatic heterocycles. The van der Waals surface area contributed by atoms with Gasteiger partial charge in [0.1, 0.15) is 0 Å². The molecule has 1 aromatic rings. The van der Waals surface area contributed by atoms with Crippen molar-refractivity contribution in [1.29, 1.82) is 0 Å². The Labute approximate surface area is 114 Å². The van der Waals surface area contributed by atoms with Crippen molar-refractivity contribution in [3.8, 4) is 0 Å². The molecule has 0 saturated carbocycles. The van der Waals surface area contributed by atoms with Gasteiger partial charge in [-0.1, -0.05) is 44.0 Å². The third kappa shape index (κ3) is 4.00. The zero-order valence-corrected chi connectivity index (χ0v) is 11.9. The van der Waals surface area contributed by atoms with Crippen LogP contribution in [-0.2, 0) is 11.3 Å². The number of rotatable bonds is 5. The van der Waals surface area contributed by atoms with Gasteiger partial charge >= 0.3 is 0 Å². The van der Waals surface area contributed by atoms with E-state index in [0.717, 1.165) is 12.0 Å². The maximum Gasteiger partial charge on any atom is 0.239 e. The third-order valence-corrected chi connectivity index (χ3v) is 3.50. The van der Waals surface area contributed by atoms with Gasteiger partial charge in [0.05, 0.1) is 6.04 Å². The molecule has 2 N–H and O–H groups in total. The first-order valence-corrected chi connectivity index (χ1v) is 6.58. The van der Waals surface area contributed by atoms with Gasteiger partial charge in [-0.25, -0.2) is 0 Å². The number of likely N-dealkylation sites (N-methyl/N-ethyl adjacent to an activating group) is 1. The highest BCUT2D eigenvalue weighted by Crippen LogP contribution is 2.13. The topological polar surface area (TPSA) is 46.3 Å². The largest absolute Gasteiger partial charge is 0.340 e. The third-order valence-electron chi connectivity index (χ3n) is 3.25. The van der Waals surface area contributed by atoms with Crippen LogP contribution in [0.2, 0.25) is 5.02 Å². The second-order valence-corrected chi connectivity index (χ2v) is 5.17. The van der Waals surface area contributed by atoms with Crippen LogP contribution in [0.25, 0.3) is 0 Å². The Morgan fingerprint density at radius 1 is 1.39 bits per heavy atom. The molecule has 0 radical (unpaired) electrons. The Hall–Kier alpha value is -1.06. The summed E-state index contributed by atoms with van der Waals surface area (Å²) in [5.74, 6) is 0.185. The highest BCUT2D eigenvalue weighted by Gasteiger charge is 2.22. The lowest BCUT2D eigenvalue weighted by molar-refractivity contribution is -0.132. The van der Waals surface area contributed by atoms with E-state index in [2.05, 4.69) is 0 Å². The number of benzene rings is 1. The van der Waals surface area contributed by atoms with Gasteiger partial charge in [0.25, 0.3) is 0 Å². The normalized spacial score (nSPS) is 14.1. The van der Waals surface area contributed by atoms with Crippen molar-refractivity contribution in [3.05, 3.63) is 34.9 Å². The van der Waals surface area contributed by atoms with Crippen molar-refractivity contribution in [2.45, 2.75) is 32.9 Å². The van der Waals surface area contributed by atoms with Gasteiger partial charge in [-0.2, -0.15) is 0 Å². The minimum Gasteiger partial charge on any atom is -0.340 e. The summed E-state index contributed by atoms with van der Waals surface area (Å²) in [4.78, 5) is 13.8. The Balaban J connectivity index is 2.62. The molecule has 1 amide bonds. The predicted octanol–water partition coefficient (Wildman–Crippen LogP) is 2.67. The summed E-state index contributed by atoms with van der Waals surface area (Å²) < 4.78 is 0. The SMILES string of the molecule is CCC(C)[C@H](N)C(=O)N(C)Cc1ccc(Cl)cc1. The van der Waals surface area contributed by atoms with E-state index >= 15 is 0 Å². The molecule has 0 saturated heterocycles. The molecule has 18 heavy (non-hydrogen) atoms. The van der Waals surface area contributed by atoms with E-state index in [9.17, 15) is 4.79 Å². The van der Waals surface area contributed by atoms with Crippen LogP contribution in [0, 0.1) is 5.92 Å². The van der Waals surface area contributed by atoms with E-state index < -0.39 is 6.04 Å². The second kappa shape index (κ2) is 6.76. The van der Waals surface area contributed by atoms with Crippen molar-refractivity contribution < 1.29 is 4.79 Å². The van der Waals surface area contributed by atoms with Gasteiger partial charge in [-0.15, -0.1) is 0 Å². The monoisotopic (exact) mass is 268 g/mol. The summed E-state index contributed by atoms with van der Waals surface area (Å²) in [5, 5.41) is 0.698. The predicted molar refractivity (Wildman–Crippen MR) is 75.4 cm³/mol. The Bertz CT molecular complexity index is 391. The minimum absolute atomic E-state index is 0.0145. The fraction of sp³-hybridized carbons (Fsp3) is 0.500. The van der Waals surface area contributed by atoms with E-state index in [4.69, 9.17) is 17.3 Å². The van der Waals surface area contributed by atoms with E-state index in [1.54, 1.807) is 11.9 Å². The first-order chi connectivity index (χ1) is 8.45. The quantitative estimate of drug-likeness (QED) is 0.892.